The Morgan fingerprint density at radius 1 is 0.393 bits per heavy atom. The van der Waals surface area contributed by atoms with E-state index in [-0.39, 0.29) is 18.2 Å². The molecule has 2 atom stereocenters. The SMILES string of the molecule is CCCCCCC(O)C/C=C\CCCCCCCC(=O)O.CCCCCCCCCCCCCCCCCC(=O)OC(CCCCCCCC)CCCCCCCCCCC. The van der Waals surface area contributed by atoms with Gasteiger partial charge in [0.2, 0.25) is 0 Å². The lowest BCUT2D eigenvalue weighted by molar-refractivity contribution is -0.150. The van der Waals surface area contributed by atoms with Crippen molar-refractivity contribution < 1.29 is 24.5 Å². The minimum atomic E-state index is -0.689. The van der Waals surface area contributed by atoms with Crippen LogP contribution in [0.15, 0.2) is 12.2 Å². The highest BCUT2D eigenvalue weighted by Gasteiger charge is 2.14. The first kappa shape index (κ1) is 61.7. The number of unbranched alkanes of at least 4 members (excludes halogenated alkanes) is 35. The minimum absolute atomic E-state index is 0.0709. The van der Waals surface area contributed by atoms with Crippen LogP contribution in [0.3, 0.4) is 0 Å². The van der Waals surface area contributed by atoms with Crippen LogP contribution in [0, 0.1) is 0 Å². The van der Waals surface area contributed by atoms with E-state index >= 15 is 0 Å². The molecule has 0 saturated heterocycles. The molecule has 61 heavy (non-hydrogen) atoms. The minimum Gasteiger partial charge on any atom is -0.481 e. The number of aliphatic hydroxyl groups excluding tert-OH is 1. The molecule has 5 heteroatoms. The Bertz CT molecular complexity index is 871. The summed E-state index contributed by atoms with van der Waals surface area (Å²) in [4.78, 5) is 22.9. The fourth-order valence-corrected chi connectivity index (χ4v) is 8.35. The number of esters is 1. The Morgan fingerprint density at radius 3 is 1.10 bits per heavy atom. The molecule has 0 aromatic rings. The number of aliphatic carboxylic acids is 1. The lowest BCUT2D eigenvalue weighted by Crippen LogP contribution is -2.18. The highest BCUT2D eigenvalue weighted by Crippen LogP contribution is 2.19. The lowest BCUT2D eigenvalue weighted by Gasteiger charge is -2.18. The number of carboxylic acids is 1. The topological polar surface area (TPSA) is 83.8 Å². The van der Waals surface area contributed by atoms with Gasteiger partial charge in [0.1, 0.15) is 6.10 Å². The fraction of sp³-hybridized carbons (Fsp3) is 0.929. The molecule has 0 rings (SSSR count). The zero-order valence-electron chi connectivity index (χ0n) is 42.0. The van der Waals surface area contributed by atoms with Crippen LogP contribution in [0.2, 0.25) is 0 Å². The second-order valence-electron chi connectivity index (χ2n) is 18.9. The quantitative estimate of drug-likeness (QED) is 0.0362. The number of allylic oxidation sites excluding steroid dienone is 1. The molecule has 364 valence electrons. The second-order valence-corrected chi connectivity index (χ2v) is 18.9. The van der Waals surface area contributed by atoms with Crippen molar-refractivity contribution in [2.24, 2.45) is 0 Å². The van der Waals surface area contributed by atoms with E-state index in [9.17, 15) is 14.7 Å². The van der Waals surface area contributed by atoms with E-state index in [1.165, 1.54) is 212 Å². The predicted octanol–water partition coefficient (Wildman–Crippen LogP) is 18.9. The number of carbonyl (C=O) groups excluding carboxylic acids is 1. The third kappa shape index (κ3) is 56.6. The Labute approximate surface area is 382 Å². The zero-order chi connectivity index (χ0) is 45.0. The third-order valence-electron chi connectivity index (χ3n) is 12.5. The average Bonchev–Trinajstić information content (AvgIpc) is 3.25. The number of hydrogen-bond donors (Lipinski definition) is 2. The van der Waals surface area contributed by atoms with Crippen molar-refractivity contribution in [1.82, 2.24) is 0 Å². The van der Waals surface area contributed by atoms with Crippen molar-refractivity contribution in [3.05, 3.63) is 12.2 Å². The molecule has 0 fully saturated rings. The molecule has 2 unspecified atom stereocenters. The maximum atomic E-state index is 12.6. The first-order chi connectivity index (χ1) is 29.9. The molecule has 0 aliphatic rings. The smallest absolute Gasteiger partial charge is 0.306 e. The van der Waals surface area contributed by atoms with Crippen molar-refractivity contribution in [2.75, 3.05) is 0 Å². The standard InChI is InChI=1S/C38H76O2.C18H34O3/c1-4-7-10-13-16-18-19-20-21-22-23-25-27-30-33-36-38(39)40-37(34-31-28-15-12-9-6-3)35-32-29-26-24-17-14-11-8-5-2;1-2-3-4-11-14-17(19)15-12-9-7-5-6-8-10-13-16-18(20)21/h37H,4-36H2,1-3H3;9,12,17,19H,2-8,10-11,13-16H2,1H3,(H,20,21)/b;12-9-. The van der Waals surface area contributed by atoms with Crippen LogP contribution in [0.25, 0.3) is 0 Å². The van der Waals surface area contributed by atoms with Crippen molar-refractivity contribution in [1.29, 1.82) is 0 Å². The Morgan fingerprint density at radius 2 is 0.705 bits per heavy atom. The fourth-order valence-electron chi connectivity index (χ4n) is 8.35. The van der Waals surface area contributed by atoms with Crippen LogP contribution in [-0.4, -0.2) is 34.4 Å². The number of carbonyl (C=O) groups is 2. The van der Waals surface area contributed by atoms with Gasteiger partial charge in [0.25, 0.3) is 0 Å². The molecular formula is C56H110O5. The number of rotatable bonds is 49. The molecule has 0 aliphatic heterocycles. The first-order valence-electron chi connectivity index (χ1n) is 27.6. The van der Waals surface area contributed by atoms with E-state index < -0.39 is 5.97 Å². The third-order valence-corrected chi connectivity index (χ3v) is 12.5. The Kier molecular flexibility index (Phi) is 55.4. The summed E-state index contributed by atoms with van der Waals surface area (Å²) in [5, 5.41) is 18.3. The van der Waals surface area contributed by atoms with Crippen LogP contribution >= 0.6 is 0 Å². The van der Waals surface area contributed by atoms with Gasteiger partial charge in [0.05, 0.1) is 6.10 Å². The molecule has 0 bridgehead atoms. The zero-order valence-corrected chi connectivity index (χ0v) is 42.0. The number of hydrogen-bond acceptors (Lipinski definition) is 4. The van der Waals surface area contributed by atoms with Gasteiger partial charge in [0, 0.05) is 12.8 Å². The van der Waals surface area contributed by atoms with Crippen molar-refractivity contribution in [3.63, 3.8) is 0 Å². The van der Waals surface area contributed by atoms with Gasteiger partial charge in [-0.05, 0) is 64.2 Å². The summed E-state index contributed by atoms with van der Waals surface area (Å²) < 4.78 is 6.03. The van der Waals surface area contributed by atoms with Gasteiger partial charge in [-0.1, -0.05) is 258 Å². The van der Waals surface area contributed by atoms with Gasteiger partial charge >= 0.3 is 11.9 Å². The number of ether oxygens (including phenoxy) is 1. The van der Waals surface area contributed by atoms with E-state index in [0.29, 0.717) is 12.8 Å². The molecule has 0 aliphatic carbocycles. The van der Waals surface area contributed by atoms with E-state index in [0.717, 1.165) is 70.6 Å². The summed E-state index contributed by atoms with van der Waals surface area (Å²) in [5.41, 5.74) is 0. The molecule has 0 spiro atoms. The lowest BCUT2D eigenvalue weighted by atomic mass is 10.0. The van der Waals surface area contributed by atoms with E-state index in [1.807, 2.05) is 0 Å². The number of carboxylic acid groups (broad SMARTS) is 1. The monoisotopic (exact) mass is 863 g/mol. The number of aliphatic hydroxyl groups is 1. The summed E-state index contributed by atoms with van der Waals surface area (Å²) in [6.45, 7) is 9.06. The molecule has 0 aromatic heterocycles. The molecule has 2 N–H and O–H groups in total. The van der Waals surface area contributed by atoms with E-state index in [2.05, 4.69) is 39.8 Å². The maximum Gasteiger partial charge on any atom is 0.306 e. The van der Waals surface area contributed by atoms with Gasteiger partial charge in [-0.15, -0.1) is 0 Å². The van der Waals surface area contributed by atoms with Gasteiger partial charge in [-0.2, -0.15) is 0 Å². The molecule has 0 heterocycles. The van der Waals surface area contributed by atoms with Gasteiger partial charge in [-0.25, -0.2) is 0 Å². The molecular weight excluding hydrogens is 753 g/mol. The van der Waals surface area contributed by atoms with Crippen molar-refractivity contribution >= 4 is 11.9 Å². The largest absolute Gasteiger partial charge is 0.481 e. The highest BCUT2D eigenvalue weighted by atomic mass is 16.5. The Balaban J connectivity index is 0. The highest BCUT2D eigenvalue weighted by molar-refractivity contribution is 5.69. The van der Waals surface area contributed by atoms with Crippen LogP contribution in [0.4, 0.5) is 0 Å². The van der Waals surface area contributed by atoms with Gasteiger partial charge in [-0.3, -0.25) is 9.59 Å². The average molecular weight is 863 g/mol. The van der Waals surface area contributed by atoms with E-state index in [4.69, 9.17) is 9.84 Å². The van der Waals surface area contributed by atoms with Crippen LogP contribution in [-0.2, 0) is 14.3 Å². The van der Waals surface area contributed by atoms with Crippen molar-refractivity contribution in [3.8, 4) is 0 Å². The summed E-state index contributed by atoms with van der Waals surface area (Å²) in [7, 11) is 0. The Hall–Kier alpha value is -1.36. The van der Waals surface area contributed by atoms with Crippen LogP contribution in [0.1, 0.15) is 323 Å². The van der Waals surface area contributed by atoms with Gasteiger partial charge < -0.3 is 14.9 Å². The van der Waals surface area contributed by atoms with Crippen LogP contribution in [0.5, 0.6) is 0 Å². The van der Waals surface area contributed by atoms with Gasteiger partial charge in [0.15, 0.2) is 0 Å². The van der Waals surface area contributed by atoms with Crippen molar-refractivity contribution in [2.45, 2.75) is 335 Å². The molecule has 0 radical (unpaired) electrons. The molecule has 0 aromatic carbocycles. The second kappa shape index (κ2) is 54.8. The predicted molar refractivity (Wildman–Crippen MR) is 268 cm³/mol. The first-order valence-corrected chi connectivity index (χ1v) is 27.6. The normalized spacial score (nSPS) is 12.4. The molecule has 5 nitrogen and oxygen atoms in total. The molecule has 0 amide bonds. The van der Waals surface area contributed by atoms with Crippen LogP contribution < -0.4 is 0 Å². The maximum absolute atomic E-state index is 12.6. The summed E-state index contributed by atoms with van der Waals surface area (Å²) in [6.07, 6.45) is 60.8. The summed E-state index contributed by atoms with van der Waals surface area (Å²) >= 11 is 0. The van der Waals surface area contributed by atoms with E-state index in [1.54, 1.807) is 0 Å². The summed E-state index contributed by atoms with van der Waals surface area (Å²) in [5.74, 6) is -0.618. The molecule has 0 saturated carbocycles. The summed E-state index contributed by atoms with van der Waals surface area (Å²) in [6, 6.07) is 0.